The monoisotopic (exact) mass is 461 g/mol. The van der Waals surface area contributed by atoms with Gasteiger partial charge in [-0.15, -0.1) is 0 Å². The van der Waals surface area contributed by atoms with E-state index in [1.54, 1.807) is 6.07 Å². The lowest BCUT2D eigenvalue weighted by Gasteiger charge is -2.29. The van der Waals surface area contributed by atoms with Crippen molar-refractivity contribution in [2.75, 3.05) is 32.9 Å². The SMILES string of the molecule is O=CCC1COc2cc(OC3CCc4c3ccc(C(F)(F)F)c4CN3CCOCC3)ccc21. The van der Waals surface area contributed by atoms with E-state index in [0.717, 1.165) is 23.0 Å². The summed E-state index contributed by atoms with van der Waals surface area (Å²) in [5.41, 5.74) is 2.38. The fraction of sp³-hybridized carbons (Fsp3) is 0.480. The number of alkyl halides is 3. The number of hydrogen-bond acceptors (Lipinski definition) is 5. The molecule has 5 nitrogen and oxygen atoms in total. The molecule has 176 valence electrons. The Hall–Kier alpha value is -2.58. The minimum Gasteiger partial charge on any atom is -0.492 e. The summed E-state index contributed by atoms with van der Waals surface area (Å²) in [6.45, 7) is 3.06. The Balaban J connectivity index is 1.40. The first-order chi connectivity index (χ1) is 15.9. The van der Waals surface area contributed by atoms with E-state index in [-0.39, 0.29) is 18.6 Å². The maximum Gasteiger partial charge on any atom is 0.416 e. The fourth-order valence-electron chi connectivity index (χ4n) is 5.10. The van der Waals surface area contributed by atoms with Crippen LogP contribution >= 0.6 is 0 Å². The number of fused-ring (bicyclic) bond motifs is 2. The molecule has 3 aliphatic rings. The second kappa shape index (κ2) is 8.99. The number of hydrogen-bond donors (Lipinski definition) is 0. The van der Waals surface area contributed by atoms with E-state index in [9.17, 15) is 18.0 Å². The molecule has 1 fully saturated rings. The zero-order chi connectivity index (χ0) is 23.0. The van der Waals surface area contributed by atoms with Crippen molar-refractivity contribution in [3.8, 4) is 11.5 Å². The number of carbonyl (C=O) groups excluding carboxylic acids is 1. The molecule has 1 aliphatic carbocycles. The first kappa shape index (κ1) is 22.2. The van der Waals surface area contributed by atoms with Gasteiger partial charge in [0, 0.05) is 43.6 Å². The summed E-state index contributed by atoms with van der Waals surface area (Å²) < 4.78 is 58.8. The van der Waals surface area contributed by atoms with Gasteiger partial charge in [0.25, 0.3) is 0 Å². The molecule has 0 saturated carbocycles. The molecule has 33 heavy (non-hydrogen) atoms. The molecule has 2 heterocycles. The standard InChI is InChI=1S/C25H26F3NO4/c26-25(27,28)22-5-3-20-19(21(22)14-29-8-11-31-12-9-29)4-6-23(20)33-17-1-2-18-16(7-10-30)15-32-24(18)13-17/h1-3,5,10,13,16,23H,4,6-9,11-12,14-15H2. The molecule has 2 aromatic rings. The summed E-state index contributed by atoms with van der Waals surface area (Å²) in [7, 11) is 0. The van der Waals surface area contributed by atoms with Gasteiger partial charge in [-0.05, 0) is 41.7 Å². The number of benzene rings is 2. The van der Waals surface area contributed by atoms with Crippen LogP contribution in [0.1, 0.15) is 52.7 Å². The van der Waals surface area contributed by atoms with Gasteiger partial charge in [-0.3, -0.25) is 4.90 Å². The minimum atomic E-state index is -4.40. The highest BCUT2D eigenvalue weighted by Gasteiger charge is 2.38. The quantitative estimate of drug-likeness (QED) is 0.586. The molecule has 0 radical (unpaired) electrons. The van der Waals surface area contributed by atoms with Crippen LogP contribution < -0.4 is 9.47 Å². The van der Waals surface area contributed by atoms with Crippen LogP contribution in [-0.2, 0) is 28.7 Å². The molecule has 0 aromatic heterocycles. The maximum absolute atomic E-state index is 13.8. The molecule has 0 N–H and O–H groups in total. The van der Waals surface area contributed by atoms with Crippen molar-refractivity contribution in [3.05, 3.63) is 58.1 Å². The van der Waals surface area contributed by atoms with E-state index >= 15 is 0 Å². The predicted octanol–water partition coefficient (Wildman–Crippen LogP) is 4.67. The summed E-state index contributed by atoms with van der Waals surface area (Å²) in [5, 5.41) is 0. The van der Waals surface area contributed by atoms with Gasteiger partial charge in [0.05, 0.1) is 25.4 Å². The number of morpholine rings is 1. The summed E-state index contributed by atoms with van der Waals surface area (Å²) in [6, 6.07) is 8.35. The van der Waals surface area contributed by atoms with E-state index in [0.29, 0.717) is 69.2 Å². The normalized spacial score (nSPS) is 22.5. The molecule has 2 aromatic carbocycles. The van der Waals surface area contributed by atoms with Crippen molar-refractivity contribution in [1.29, 1.82) is 0 Å². The third kappa shape index (κ3) is 4.46. The Morgan fingerprint density at radius 3 is 2.67 bits per heavy atom. The number of nitrogens with zero attached hydrogens (tertiary/aromatic N) is 1. The van der Waals surface area contributed by atoms with Crippen LogP contribution in [0.15, 0.2) is 30.3 Å². The lowest BCUT2D eigenvalue weighted by Crippen LogP contribution is -2.36. The molecule has 5 rings (SSSR count). The summed E-state index contributed by atoms with van der Waals surface area (Å²) in [5.74, 6) is 1.38. The summed E-state index contributed by atoms with van der Waals surface area (Å²) >= 11 is 0. The van der Waals surface area contributed by atoms with Gasteiger partial charge in [-0.1, -0.05) is 12.1 Å². The molecule has 0 amide bonds. The minimum absolute atomic E-state index is 0.0577. The third-order valence-corrected chi connectivity index (χ3v) is 6.79. The first-order valence-corrected chi connectivity index (χ1v) is 11.3. The second-order valence-electron chi connectivity index (χ2n) is 8.80. The Bertz CT molecular complexity index is 1030. The molecule has 0 bridgehead atoms. The Labute approximate surface area is 190 Å². The van der Waals surface area contributed by atoms with Crippen molar-refractivity contribution in [3.63, 3.8) is 0 Å². The lowest BCUT2D eigenvalue weighted by atomic mass is 9.96. The van der Waals surface area contributed by atoms with Crippen molar-refractivity contribution >= 4 is 6.29 Å². The van der Waals surface area contributed by atoms with Gasteiger partial charge in [0.1, 0.15) is 23.9 Å². The highest BCUT2D eigenvalue weighted by molar-refractivity contribution is 5.55. The fourth-order valence-corrected chi connectivity index (χ4v) is 5.10. The highest BCUT2D eigenvalue weighted by atomic mass is 19.4. The molecule has 0 spiro atoms. The van der Waals surface area contributed by atoms with Crippen molar-refractivity contribution in [2.45, 2.75) is 44.0 Å². The summed E-state index contributed by atoms with van der Waals surface area (Å²) in [6.07, 6.45) is -2.23. The van der Waals surface area contributed by atoms with Crippen LogP contribution in [-0.4, -0.2) is 44.1 Å². The highest BCUT2D eigenvalue weighted by Crippen LogP contribution is 2.44. The number of ether oxygens (including phenoxy) is 3. The van der Waals surface area contributed by atoms with E-state index in [2.05, 4.69) is 0 Å². The first-order valence-electron chi connectivity index (χ1n) is 11.3. The van der Waals surface area contributed by atoms with Gasteiger partial charge in [0.15, 0.2) is 0 Å². The van der Waals surface area contributed by atoms with Gasteiger partial charge in [-0.2, -0.15) is 13.2 Å². The lowest BCUT2D eigenvalue weighted by molar-refractivity contribution is -0.138. The van der Waals surface area contributed by atoms with Gasteiger partial charge in [0.2, 0.25) is 0 Å². The van der Waals surface area contributed by atoms with Crippen molar-refractivity contribution in [2.24, 2.45) is 0 Å². The number of carbonyl (C=O) groups is 1. The molecule has 1 saturated heterocycles. The van der Waals surface area contributed by atoms with Gasteiger partial charge in [-0.25, -0.2) is 0 Å². The van der Waals surface area contributed by atoms with E-state index in [4.69, 9.17) is 14.2 Å². The second-order valence-corrected chi connectivity index (χ2v) is 8.80. The molecular formula is C25H26F3NO4. The molecule has 8 heteroatoms. The zero-order valence-corrected chi connectivity index (χ0v) is 18.2. The Morgan fingerprint density at radius 2 is 1.91 bits per heavy atom. The molecular weight excluding hydrogens is 435 g/mol. The third-order valence-electron chi connectivity index (χ3n) is 6.79. The molecule has 2 atom stereocenters. The van der Waals surface area contributed by atoms with Gasteiger partial charge < -0.3 is 19.0 Å². The number of rotatable bonds is 6. The largest absolute Gasteiger partial charge is 0.492 e. The van der Waals surface area contributed by atoms with Crippen molar-refractivity contribution < 1.29 is 32.2 Å². The zero-order valence-electron chi connectivity index (χ0n) is 18.2. The number of halogens is 3. The van der Waals surface area contributed by atoms with E-state index in [1.165, 1.54) is 6.07 Å². The average molecular weight is 461 g/mol. The van der Waals surface area contributed by atoms with Crippen molar-refractivity contribution in [1.82, 2.24) is 4.90 Å². The Morgan fingerprint density at radius 1 is 1.12 bits per heavy atom. The predicted molar refractivity (Wildman–Crippen MR) is 115 cm³/mol. The van der Waals surface area contributed by atoms with Crippen LogP contribution in [0.2, 0.25) is 0 Å². The van der Waals surface area contributed by atoms with Crippen LogP contribution in [0.3, 0.4) is 0 Å². The average Bonchev–Trinajstić information content (AvgIpc) is 3.38. The van der Waals surface area contributed by atoms with Crippen LogP contribution in [0, 0.1) is 0 Å². The Kier molecular flexibility index (Phi) is 6.05. The molecule has 2 unspecified atom stereocenters. The van der Waals surface area contributed by atoms with E-state index < -0.39 is 11.7 Å². The smallest absolute Gasteiger partial charge is 0.416 e. The van der Waals surface area contributed by atoms with Gasteiger partial charge >= 0.3 is 6.18 Å². The topological polar surface area (TPSA) is 48.0 Å². The molecule has 2 aliphatic heterocycles. The van der Waals surface area contributed by atoms with E-state index in [1.807, 2.05) is 23.1 Å². The van der Waals surface area contributed by atoms with Crippen LogP contribution in [0.25, 0.3) is 0 Å². The van der Waals surface area contributed by atoms with Crippen LogP contribution in [0.5, 0.6) is 11.5 Å². The summed E-state index contributed by atoms with van der Waals surface area (Å²) in [4.78, 5) is 12.9. The number of aldehydes is 1. The van der Waals surface area contributed by atoms with Crippen LogP contribution in [0.4, 0.5) is 13.2 Å². The maximum atomic E-state index is 13.8.